The van der Waals surface area contributed by atoms with E-state index < -0.39 is 0 Å². The molecular weight excluding hydrogens is 182 g/mol. The summed E-state index contributed by atoms with van der Waals surface area (Å²) in [6, 6.07) is 0. The molecule has 1 aromatic heterocycles. The van der Waals surface area contributed by atoms with E-state index in [1.807, 2.05) is 4.57 Å². The summed E-state index contributed by atoms with van der Waals surface area (Å²) in [6.45, 7) is 6.32. The SMILES string of the molecule is C#CCSc1nncn1C(C)(C)C. The van der Waals surface area contributed by atoms with Gasteiger partial charge in [-0.05, 0) is 20.8 Å². The molecule has 0 aliphatic carbocycles. The first kappa shape index (κ1) is 10.1. The summed E-state index contributed by atoms with van der Waals surface area (Å²) < 4.78 is 2.02. The second-order valence-corrected chi connectivity index (χ2v) is 4.59. The molecule has 13 heavy (non-hydrogen) atoms. The number of aromatic nitrogens is 3. The maximum Gasteiger partial charge on any atom is 0.192 e. The van der Waals surface area contributed by atoms with E-state index in [1.165, 1.54) is 11.8 Å². The molecule has 0 amide bonds. The molecule has 0 radical (unpaired) electrons. The van der Waals surface area contributed by atoms with Crippen molar-refractivity contribution >= 4 is 11.8 Å². The molecule has 0 bridgehead atoms. The highest BCUT2D eigenvalue weighted by Crippen LogP contribution is 2.21. The molecule has 0 spiro atoms. The van der Waals surface area contributed by atoms with Gasteiger partial charge in [-0.25, -0.2) is 0 Å². The highest BCUT2D eigenvalue weighted by Gasteiger charge is 2.17. The number of rotatable bonds is 2. The molecule has 3 nitrogen and oxygen atoms in total. The molecule has 0 aromatic carbocycles. The Hall–Kier alpha value is -0.950. The maximum atomic E-state index is 5.18. The highest BCUT2D eigenvalue weighted by atomic mass is 32.2. The van der Waals surface area contributed by atoms with Crippen molar-refractivity contribution in [2.45, 2.75) is 31.5 Å². The quantitative estimate of drug-likeness (QED) is 0.532. The lowest BCUT2D eigenvalue weighted by molar-refractivity contribution is 0.367. The normalized spacial score (nSPS) is 11.2. The minimum Gasteiger partial charge on any atom is -0.303 e. The molecule has 0 aliphatic heterocycles. The van der Waals surface area contributed by atoms with E-state index in [-0.39, 0.29) is 5.54 Å². The predicted octanol–water partition coefficient (Wildman–Crippen LogP) is 1.76. The number of nitrogens with zero attached hydrogens (tertiary/aromatic N) is 3. The van der Waals surface area contributed by atoms with Crippen LogP contribution in [0.5, 0.6) is 0 Å². The van der Waals surface area contributed by atoms with Crippen LogP contribution in [0.1, 0.15) is 20.8 Å². The number of hydrogen-bond donors (Lipinski definition) is 0. The van der Waals surface area contributed by atoms with Gasteiger partial charge in [0.15, 0.2) is 5.16 Å². The van der Waals surface area contributed by atoms with Crippen molar-refractivity contribution in [3.05, 3.63) is 6.33 Å². The maximum absolute atomic E-state index is 5.18. The first-order valence-corrected chi connectivity index (χ1v) is 5.01. The zero-order valence-electron chi connectivity index (χ0n) is 8.11. The molecule has 0 fully saturated rings. The van der Waals surface area contributed by atoms with Crippen molar-refractivity contribution in [3.8, 4) is 12.3 Å². The van der Waals surface area contributed by atoms with E-state index in [2.05, 4.69) is 36.9 Å². The average Bonchev–Trinajstić information content (AvgIpc) is 2.47. The molecule has 1 heterocycles. The number of hydrogen-bond acceptors (Lipinski definition) is 3. The van der Waals surface area contributed by atoms with Gasteiger partial charge in [0, 0.05) is 5.54 Å². The van der Waals surface area contributed by atoms with Crippen LogP contribution in [0.2, 0.25) is 0 Å². The van der Waals surface area contributed by atoms with Crippen molar-refractivity contribution in [1.29, 1.82) is 0 Å². The smallest absolute Gasteiger partial charge is 0.192 e. The first-order valence-electron chi connectivity index (χ1n) is 4.02. The summed E-state index contributed by atoms with van der Waals surface area (Å²) in [6.07, 6.45) is 6.91. The molecule has 0 aliphatic rings. The molecular formula is C9H13N3S. The Morgan fingerprint density at radius 3 is 2.85 bits per heavy atom. The zero-order chi connectivity index (χ0) is 9.90. The van der Waals surface area contributed by atoms with Crippen LogP contribution in [0, 0.1) is 12.3 Å². The summed E-state index contributed by atoms with van der Waals surface area (Å²) in [5.74, 6) is 3.20. The monoisotopic (exact) mass is 195 g/mol. The third-order valence-corrected chi connectivity index (χ3v) is 2.37. The summed E-state index contributed by atoms with van der Waals surface area (Å²) in [5.41, 5.74) is 0.0143. The van der Waals surface area contributed by atoms with Crippen LogP contribution < -0.4 is 0 Å². The van der Waals surface area contributed by atoms with Gasteiger partial charge in [0.25, 0.3) is 0 Å². The van der Waals surface area contributed by atoms with Crippen molar-refractivity contribution in [1.82, 2.24) is 14.8 Å². The lowest BCUT2D eigenvalue weighted by Gasteiger charge is -2.21. The number of terminal acetylenes is 1. The second-order valence-electron chi connectivity index (χ2n) is 3.65. The van der Waals surface area contributed by atoms with Gasteiger partial charge in [0.2, 0.25) is 0 Å². The first-order chi connectivity index (χ1) is 6.05. The van der Waals surface area contributed by atoms with Crippen LogP contribution >= 0.6 is 11.8 Å². The Balaban J connectivity index is 2.85. The van der Waals surface area contributed by atoms with Crippen LogP contribution in [0.15, 0.2) is 11.5 Å². The predicted molar refractivity (Wildman–Crippen MR) is 54.6 cm³/mol. The fourth-order valence-corrected chi connectivity index (χ4v) is 1.67. The van der Waals surface area contributed by atoms with Gasteiger partial charge >= 0.3 is 0 Å². The van der Waals surface area contributed by atoms with E-state index in [1.54, 1.807) is 6.33 Å². The molecule has 70 valence electrons. The van der Waals surface area contributed by atoms with Gasteiger partial charge in [0.05, 0.1) is 5.75 Å². The fraction of sp³-hybridized carbons (Fsp3) is 0.556. The van der Waals surface area contributed by atoms with Gasteiger partial charge < -0.3 is 4.57 Å². The van der Waals surface area contributed by atoms with E-state index in [0.29, 0.717) is 5.75 Å². The molecule has 0 atom stereocenters. The molecule has 0 unspecified atom stereocenters. The van der Waals surface area contributed by atoms with Gasteiger partial charge in [-0.1, -0.05) is 17.7 Å². The number of thioether (sulfide) groups is 1. The molecule has 0 saturated carbocycles. The molecule has 0 saturated heterocycles. The Morgan fingerprint density at radius 2 is 2.31 bits per heavy atom. The summed E-state index contributed by atoms with van der Waals surface area (Å²) in [7, 11) is 0. The second kappa shape index (κ2) is 3.84. The van der Waals surface area contributed by atoms with Gasteiger partial charge in [-0.3, -0.25) is 0 Å². The van der Waals surface area contributed by atoms with Gasteiger partial charge in [-0.15, -0.1) is 16.6 Å². The van der Waals surface area contributed by atoms with Gasteiger partial charge in [0.1, 0.15) is 6.33 Å². The van der Waals surface area contributed by atoms with E-state index in [0.717, 1.165) is 5.16 Å². The van der Waals surface area contributed by atoms with Crippen molar-refractivity contribution in [3.63, 3.8) is 0 Å². The van der Waals surface area contributed by atoms with Gasteiger partial charge in [-0.2, -0.15) is 0 Å². The lowest BCUT2D eigenvalue weighted by atomic mass is 10.1. The third-order valence-electron chi connectivity index (χ3n) is 1.52. The Labute approximate surface area is 82.9 Å². The molecule has 1 rings (SSSR count). The fourth-order valence-electron chi connectivity index (χ4n) is 0.889. The van der Waals surface area contributed by atoms with Crippen molar-refractivity contribution < 1.29 is 0 Å². The van der Waals surface area contributed by atoms with Crippen molar-refractivity contribution in [2.24, 2.45) is 0 Å². The summed E-state index contributed by atoms with van der Waals surface area (Å²) in [4.78, 5) is 0. The molecule has 4 heteroatoms. The minimum absolute atomic E-state index is 0.0143. The molecule has 0 N–H and O–H groups in total. The third kappa shape index (κ3) is 2.49. The summed E-state index contributed by atoms with van der Waals surface area (Å²) >= 11 is 1.53. The van der Waals surface area contributed by atoms with Crippen molar-refractivity contribution in [2.75, 3.05) is 5.75 Å². The minimum atomic E-state index is 0.0143. The zero-order valence-corrected chi connectivity index (χ0v) is 8.93. The summed E-state index contributed by atoms with van der Waals surface area (Å²) in [5, 5.41) is 8.75. The lowest BCUT2D eigenvalue weighted by Crippen LogP contribution is -2.21. The van der Waals surface area contributed by atoms with E-state index in [4.69, 9.17) is 6.42 Å². The largest absolute Gasteiger partial charge is 0.303 e. The highest BCUT2D eigenvalue weighted by molar-refractivity contribution is 7.99. The van der Waals surface area contributed by atoms with E-state index in [9.17, 15) is 0 Å². The molecule has 1 aromatic rings. The average molecular weight is 195 g/mol. The van der Waals surface area contributed by atoms with Crippen LogP contribution in [-0.4, -0.2) is 20.5 Å². The van der Waals surface area contributed by atoms with E-state index >= 15 is 0 Å². The van der Waals surface area contributed by atoms with Crippen LogP contribution in [-0.2, 0) is 5.54 Å². The Bertz CT molecular complexity index is 316. The van der Waals surface area contributed by atoms with Crippen LogP contribution in [0.25, 0.3) is 0 Å². The van der Waals surface area contributed by atoms with Crippen LogP contribution in [0.3, 0.4) is 0 Å². The Kier molecular flexibility index (Phi) is 2.99. The Morgan fingerprint density at radius 1 is 1.62 bits per heavy atom. The topological polar surface area (TPSA) is 30.7 Å². The van der Waals surface area contributed by atoms with Crippen LogP contribution in [0.4, 0.5) is 0 Å². The standard InChI is InChI=1S/C9H13N3S/c1-5-6-13-8-11-10-7-12(8)9(2,3)4/h1,7H,6H2,2-4H3.